The molecule has 1 saturated heterocycles. The Labute approximate surface area is 180 Å². The molecule has 0 aliphatic carbocycles. The van der Waals surface area contributed by atoms with Gasteiger partial charge in [-0.05, 0) is 31.5 Å². The third-order valence-corrected chi connectivity index (χ3v) is 6.10. The van der Waals surface area contributed by atoms with E-state index >= 15 is 0 Å². The standard InChI is InChI=1S/C23H27NO7/c1-23(2)21-16(12-31-23)13-8-20(30-7-5-6-28-3)19(29-4)9-14(13)17-10-18(25)15(22(26)27)11-24(17)21/h8-11,16,21H,5-7,12H2,1-4H3,(H,26,27)/t16?,21-/m0/s1. The van der Waals surface area contributed by atoms with Crippen LogP contribution in [0.5, 0.6) is 11.5 Å². The van der Waals surface area contributed by atoms with Gasteiger partial charge in [-0.1, -0.05) is 0 Å². The number of carboxylic acid groups (broad SMARTS) is 1. The molecule has 2 aliphatic heterocycles. The zero-order valence-corrected chi connectivity index (χ0v) is 18.1. The summed E-state index contributed by atoms with van der Waals surface area (Å²) in [6.45, 7) is 5.53. The van der Waals surface area contributed by atoms with Crippen molar-refractivity contribution in [1.82, 2.24) is 4.57 Å². The zero-order valence-electron chi connectivity index (χ0n) is 18.1. The van der Waals surface area contributed by atoms with Crippen LogP contribution in [0, 0.1) is 0 Å². The number of carboxylic acids is 1. The van der Waals surface area contributed by atoms with E-state index in [4.69, 9.17) is 18.9 Å². The number of hydrogen-bond donors (Lipinski definition) is 1. The minimum atomic E-state index is -1.24. The van der Waals surface area contributed by atoms with Crippen molar-refractivity contribution in [2.75, 3.05) is 34.0 Å². The summed E-state index contributed by atoms with van der Waals surface area (Å²) in [6.07, 6.45) is 2.19. The van der Waals surface area contributed by atoms with E-state index in [9.17, 15) is 14.7 Å². The number of hydrogen-bond acceptors (Lipinski definition) is 6. The predicted molar refractivity (Wildman–Crippen MR) is 113 cm³/mol. The number of nitrogens with zero attached hydrogens (tertiary/aromatic N) is 1. The second kappa shape index (κ2) is 8.01. The van der Waals surface area contributed by atoms with Crippen LogP contribution in [0.3, 0.4) is 0 Å². The second-order valence-electron chi connectivity index (χ2n) is 8.40. The molecule has 2 atom stereocenters. The van der Waals surface area contributed by atoms with Gasteiger partial charge >= 0.3 is 5.97 Å². The Morgan fingerprint density at radius 1 is 1.23 bits per heavy atom. The fourth-order valence-electron chi connectivity index (χ4n) is 4.67. The molecule has 3 heterocycles. The number of pyridine rings is 1. The van der Waals surface area contributed by atoms with E-state index in [1.54, 1.807) is 14.2 Å². The Kier molecular flexibility index (Phi) is 5.53. The Morgan fingerprint density at radius 2 is 2.00 bits per heavy atom. The smallest absolute Gasteiger partial charge is 0.341 e. The highest BCUT2D eigenvalue weighted by Crippen LogP contribution is 2.54. The number of aromatic nitrogens is 1. The van der Waals surface area contributed by atoms with Gasteiger partial charge in [-0.25, -0.2) is 4.79 Å². The quantitative estimate of drug-likeness (QED) is 0.676. The van der Waals surface area contributed by atoms with Gasteiger partial charge in [0.15, 0.2) is 16.9 Å². The molecule has 2 aliphatic rings. The maximum atomic E-state index is 12.5. The summed E-state index contributed by atoms with van der Waals surface area (Å²) >= 11 is 0. The van der Waals surface area contributed by atoms with Gasteiger partial charge in [0.2, 0.25) is 0 Å². The molecule has 1 aromatic carbocycles. The number of carbonyl (C=O) groups is 1. The molecule has 1 N–H and O–H groups in total. The summed E-state index contributed by atoms with van der Waals surface area (Å²) < 4.78 is 24.6. The van der Waals surface area contributed by atoms with Crippen molar-refractivity contribution in [1.29, 1.82) is 0 Å². The van der Waals surface area contributed by atoms with Gasteiger partial charge in [0.05, 0.1) is 37.7 Å². The van der Waals surface area contributed by atoms with Crippen LogP contribution >= 0.6 is 0 Å². The number of fused-ring (bicyclic) bond motifs is 6. The van der Waals surface area contributed by atoms with Gasteiger partial charge in [0.25, 0.3) is 0 Å². The fraction of sp³-hybridized carbons (Fsp3) is 0.478. The number of methoxy groups -OCH3 is 2. The molecule has 2 aromatic rings. The van der Waals surface area contributed by atoms with Crippen LogP contribution in [0.1, 0.15) is 48.1 Å². The van der Waals surface area contributed by atoms with E-state index in [1.807, 2.05) is 30.5 Å². The monoisotopic (exact) mass is 429 g/mol. The van der Waals surface area contributed by atoms with Crippen molar-refractivity contribution in [3.8, 4) is 22.8 Å². The highest BCUT2D eigenvalue weighted by Gasteiger charge is 2.49. The van der Waals surface area contributed by atoms with Crippen molar-refractivity contribution >= 4 is 5.97 Å². The largest absolute Gasteiger partial charge is 0.493 e. The van der Waals surface area contributed by atoms with E-state index in [2.05, 4.69) is 0 Å². The van der Waals surface area contributed by atoms with Gasteiger partial charge in [-0.15, -0.1) is 0 Å². The number of aromatic carboxylic acids is 1. The second-order valence-corrected chi connectivity index (χ2v) is 8.40. The first-order valence-corrected chi connectivity index (χ1v) is 10.3. The molecule has 166 valence electrons. The number of benzene rings is 1. The molecule has 4 rings (SSSR count). The van der Waals surface area contributed by atoms with Gasteiger partial charge in [-0.3, -0.25) is 4.79 Å². The maximum Gasteiger partial charge on any atom is 0.341 e. The Morgan fingerprint density at radius 3 is 2.68 bits per heavy atom. The van der Waals surface area contributed by atoms with Crippen molar-refractivity contribution < 1.29 is 28.8 Å². The van der Waals surface area contributed by atoms with E-state index in [-0.39, 0.29) is 17.5 Å². The highest BCUT2D eigenvalue weighted by atomic mass is 16.5. The third-order valence-electron chi connectivity index (χ3n) is 6.10. The molecule has 0 radical (unpaired) electrons. The van der Waals surface area contributed by atoms with Crippen molar-refractivity contribution in [3.05, 3.63) is 45.7 Å². The topological polar surface area (TPSA) is 96.2 Å². The number of ether oxygens (including phenoxy) is 4. The molecule has 0 amide bonds. The summed E-state index contributed by atoms with van der Waals surface area (Å²) in [7, 11) is 3.22. The molecule has 31 heavy (non-hydrogen) atoms. The molecule has 8 nitrogen and oxygen atoms in total. The van der Waals surface area contributed by atoms with E-state index in [0.29, 0.717) is 37.0 Å². The average Bonchev–Trinajstić information content (AvgIpc) is 3.05. The minimum absolute atomic E-state index is 0.0196. The van der Waals surface area contributed by atoms with Crippen molar-refractivity contribution in [2.24, 2.45) is 0 Å². The highest BCUT2D eigenvalue weighted by molar-refractivity contribution is 5.88. The fourth-order valence-corrected chi connectivity index (χ4v) is 4.67. The molecule has 0 bridgehead atoms. The summed E-state index contributed by atoms with van der Waals surface area (Å²) in [6, 6.07) is 5.05. The molecule has 0 saturated carbocycles. The van der Waals surface area contributed by atoms with Gasteiger partial charge in [0, 0.05) is 43.9 Å². The van der Waals surface area contributed by atoms with Gasteiger partial charge in [0.1, 0.15) is 5.56 Å². The molecule has 1 unspecified atom stereocenters. The van der Waals surface area contributed by atoms with Crippen LogP contribution in [0.15, 0.2) is 29.2 Å². The first kappa shape index (κ1) is 21.4. The van der Waals surface area contributed by atoms with Crippen LogP contribution < -0.4 is 14.9 Å². The lowest BCUT2D eigenvalue weighted by Crippen LogP contribution is -2.36. The first-order valence-electron chi connectivity index (χ1n) is 10.3. The normalized spacial score (nSPS) is 20.5. The summed E-state index contributed by atoms with van der Waals surface area (Å²) in [5, 5.41) is 9.48. The SMILES string of the molecule is COCCCOc1cc2c(cc1OC)-c1cc(=O)c(C(=O)O)cn1[C@H]1C2COC1(C)C. The summed E-state index contributed by atoms with van der Waals surface area (Å²) in [5.74, 6) is -0.0847. The molecule has 1 fully saturated rings. The minimum Gasteiger partial charge on any atom is -0.493 e. The third kappa shape index (κ3) is 3.59. The average molecular weight is 429 g/mol. The lowest BCUT2D eigenvalue weighted by molar-refractivity contribution is 0.0145. The zero-order chi connectivity index (χ0) is 22.3. The Balaban J connectivity index is 1.88. The van der Waals surface area contributed by atoms with Crippen LogP contribution in [0.4, 0.5) is 0 Å². The van der Waals surface area contributed by atoms with Crippen LogP contribution in [0.2, 0.25) is 0 Å². The summed E-state index contributed by atoms with van der Waals surface area (Å²) in [5.41, 5.74) is 1.14. The lowest BCUT2D eigenvalue weighted by atomic mass is 9.79. The lowest BCUT2D eigenvalue weighted by Gasteiger charge is -2.38. The van der Waals surface area contributed by atoms with Crippen LogP contribution in [-0.2, 0) is 9.47 Å². The van der Waals surface area contributed by atoms with E-state index < -0.39 is 17.0 Å². The molecule has 8 heteroatoms. The number of rotatable bonds is 7. The first-order chi connectivity index (χ1) is 14.8. The van der Waals surface area contributed by atoms with Crippen LogP contribution in [-0.4, -0.2) is 55.3 Å². The molecule has 0 spiro atoms. The van der Waals surface area contributed by atoms with E-state index in [1.165, 1.54) is 12.3 Å². The summed E-state index contributed by atoms with van der Waals surface area (Å²) in [4.78, 5) is 24.1. The predicted octanol–water partition coefficient (Wildman–Crippen LogP) is 3.08. The Hall–Kier alpha value is -2.84. The van der Waals surface area contributed by atoms with Crippen molar-refractivity contribution in [2.45, 2.75) is 37.8 Å². The van der Waals surface area contributed by atoms with Crippen LogP contribution in [0.25, 0.3) is 11.3 Å². The Bertz CT molecular complexity index is 1070. The maximum absolute atomic E-state index is 12.5. The van der Waals surface area contributed by atoms with Crippen molar-refractivity contribution in [3.63, 3.8) is 0 Å². The molecular formula is C23H27NO7. The molecular weight excluding hydrogens is 402 g/mol. The van der Waals surface area contributed by atoms with Gasteiger partial charge < -0.3 is 28.6 Å². The van der Waals surface area contributed by atoms with E-state index in [0.717, 1.165) is 17.5 Å². The molecule has 1 aromatic heterocycles. The van der Waals surface area contributed by atoms with Gasteiger partial charge in [-0.2, -0.15) is 0 Å².